The molecule has 0 saturated heterocycles. The topological polar surface area (TPSA) is 66.8 Å². The Labute approximate surface area is 108 Å². The minimum Gasteiger partial charge on any atom is -0.496 e. The van der Waals surface area contributed by atoms with E-state index in [4.69, 9.17) is 9.84 Å². The van der Waals surface area contributed by atoms with E-state index < -0.39 is 12.1 Å². The minimum atomic E-state index is -1.54. The number of aliphatic hydroxyl groups excluding tert-OH is 1. The number of benzene rings is 1. The number of hydrogen-bond donors (Lipinski definition) is 2. The van der Waals surface area contributed by atoms with Crippen LogP contribution in [0.1, 0.15) is 23.7 Å². The summed E-state index contributed by atoms with van der Waals surface area (Å²) in [7, 11) is 1.46. The molecule has 1 aromatic rings. The van der Waals surface area contributed by atoms with E-state index in [0.717, 1.165) is 17.3 Å². The fourth-order valence-corrected chi connectivity index (χ4v) is 1.96. The molecule has 0 bridgehead atoms. The van der Waals surface area contributed by atoms with Gasteiger partial charge < -0.3 is 14.9 Å². The molecule has 0 aromatic heterocycles. The second-order valence-electron chi connectivity index (χ2n) is 3.57. The summed E-state index contributed by atoms with van der Waals surface area (Å²) in [5, 5.41) is 19.4. The van der Waals surface area contributed by atoms with Crippen LogP contribution >= 0.6 is 15.9 Å². The SMILES string of the molecule is COc1cccc(CCCBr)c1C(O)C(=O)O. The Kier molecular flexibility index (Phi) is 5.44. The molecule has 17 heavy (non-hydrogen) atoms. The number of hydrogen-bond acceptors (Lipinski definition) is 3. The summed E-state index contributed by atoms with van der Waals surface area (Å²) >= 11 is 3.32. The maximum atomic E-state index is 10.9. The number of carboxylic acids is 1. The largest absolute Gasteiger partial charge is 0.496 e. The Morgan fingerprint density at radius 2 is 2.24 bits per heavy atom. The molecule has 0 aliphatic heterocycles. The lowest BCUT2D eigenvalue weighted by Crippen LogP contribution is -2.14. The van der Waals surface area contributed by atoms with E-state index in [0.29, 0.717) is 17.7 Å². The van der Waals surface area contributed by atoms with Crippen molar-refractivity contribution in [1.29, 1.82) is 0 Å². The minimum absolute atomic E-state index is 0.350. The zero-order chi connectivity index (χ0) is 12.8. The fourth-order valence-electron chi connectivity index (χ4n) is 1.68. The lowest BCUT2D eigenvalue weighted by molar-refractivity contribution is -0.147. The van der Waals surface area contributed by atoms with Gasteiger partial charge in [-0.3, -0.25) is 0 Å². The van der Waals surface area contributed by atoms with Crippen LogP contribution in [0.2, 0.25) is 0 Å². The van der Waals surface area contributed by atoms with Crippen molar-refractivity contribution in [3.05, 3.63) is 29.3 Å². The Morgan fingerprint density at radius 1 is 1.53 bits per heavy atom. The molecule has 0 radical (unpaired) electrons. The Morgan fingerprint density at radius 3 is 2.76 bits per heavy atom. The van der Waals surface area contributed by atoms with Gasteiger partial charge in [0.25, 0.3) is 0 Å². The van der Waals surface area contributed by atoms with E-state index in [1.54, 1.807) is 12.1 Å². The third kappa shape index (κ3) is 3.44. The van der Waals surface area contributed by atoms with Gasteiger partial charge >= 0.3 is 5.97 Å². The third-order valence-electron chi connectivity index (χ3n) is 2.46. The molecule has 94 valence electrons. The first kappa shape index (κ1) is 14.0. The second kappa shape index (κ2) is 6.61. The Balaban J connectivity index is 3.15. The first-order chi connectivity index (χ1) is 8.11. The number of aliphatic carboxylic acids is 1. The predicted octanol–water partition coefficient (Wildman–Crippen LogP) is 2.14. The van der Waals surface area contributed by atoms with Crippen molar-refractivity contribution in [2.24, 2.45) is 0 Å². The van der Waals surface area contributed by atoms with E-state index in [1.807, 2.05) is 6.07 Å². The van der Waals surface area contributed by atoms with Crippen molar-refractivity contribution >= 4 is 21.9 Å². The van der Waals surface area contributed by atoms with Gasteiger partial charge in [0.2, 0.25) is 0 Å². The summed E-state index contributed by atoms with van der Waals surface area (Å²) in [6.07, 6.45) is 0.0192. The van der Waals surface area contributed by atoms with Gasteiger partial charge in [-0.05, 0) is 24.5 Å². The first-order valence-electron chi connectivity index (χ1n) is 5.24. The van der Waals surface area contributed by atoms with Crippen molar-refractivity contribution in [2.45, 2.75) is 18.9 Å². The Bertz CT molecular complexity index is 392. The summed E-state index contributed by atoms with van der Waals surface area (Å²) < 4.78 is 5.10. The van der Waals surface area contributed by atoms with E-state index in [-0.39, 0.29) is 0 Å². The van der Waals surface area contributed by atoms with Crippen molar-refractivity contribution < 1.29 is 19.7 Å². The van der Waals surface area contributed by atoms with Gasteiger partial charge in [0.1, 0.15) is 5.75 Å². The van der Waals surface area contributed by atoms with Crippen molar-refractivity contribution in [3.63, 3.8) is 0 Å². The monoisotopic (exact) mass is 302 g/mol. The number of aliphatic hydroxyl groups is 1. The molecule has 0 aliphatic carbocycles. The predicted molar refractivity (Wildman–Crippen MR) is 67.7 cm³/mol. The maximum Gasteiger partial charge on any atom is 0.337 e. The molecule has 4 nitrogen and oxygen atoms in total. The molecular weight excluding hydrogens is 288 g/mol. The van der Waals surface area contributed by atoms with Crippen LogP contribution in [0.5, 0.6) is 5.75 Å². The molecule has 0 spiro atoms. The number of carboxylic acid groups (broad SMARTS) is 1. The van der Waals surface area contributed by atoms with Crippen LogP contribution < -0.4 is 4.74 Å². The zero-order valence-electron chi connectivity index (χ0n) is 9.52. The summed E-state index contributed by atoms with van der Waals surface area (Å²) in [5.74, 6) is -0.860. The van der Waals surface area contributed by atoms with Crippen LogP contribution in [0.3, 0.4) is 0 Å². The highest BCUT2D eigenvalue weighted by Gasteiger charge is 2.23. The summed E-state index contributed by atoms with van der Waals surface area (Å²) in [6.45, 7) is 0. The van der Waals surface area contributed by atoms with Crippen molar-refractivity contribution in [2.75, 3.05) is 12.4 Å². The summed E-state index contributed by atoms with van der Waals surface area (Å²) in [5.41, 5.74) is 1.15. The lowest BCUT2D eigenvalue weighted by atomic mass is 9.98. The summed E-state index contributed by atoms with van der Waals surface area (Å²) in [4.78, 5) is 10.9. The van der Waals surface area contributed by atoms with Gasteiger partial charge in [0.05, 0.1) is 7.11 Å². The quantitative estimate of drug-likeness (QED) is 0.790. The molecule has 0 heterocycles. The standard InChI is InChI=1S/C12H15BrO4/c1-17-9-6-2-4-8(5-3-7-13)10(9)11(14)12(15)16/h2,4,6,11,14H,3,5,7H2,1H3,(H,15,16). The van der Waals surface area contributed by atoms with Crippen LogP contribution in [0.4, 0.5) is 0 Å². The van der Waals surface area contributed by atoms with Gasteiger partial charge in [-0.25, -0.2) is 4.79 Å². The molecule has 0 saturated carbocycles. The number of aryl methyl sites for hydroxylation is 1. The van der Waals surface area contributed by atoms with Gasteiger partial charge in [-0.1, -0.05) is 28.1 Å². The van der Waals surface area contributed by atoms with Crippen molar-refractivity contribution in [1.82, 2.24) is 0 Å². The fraction of sp³-hybridized carbons (Fsp3) is 0.417. The highest BCUT2D eigenvalue weighted by atomic mass is 79.9. The van der Waals surface area contributed by atoms with Gasteiger partial charge in [-0.2, -0.15) is 0 Å². The summed E-state index contributed by atoms with van der Waals surface area (Å²) in [6, 6.07) is 5.26. The molecule has 1 unspecified atom stereocenters. The molecule has 0 amide bonds. The molecule has 0 fully saturated rings. The average molecular weight is 303 g/mol. The third-order valence-corrected chi connectivity index (χ3v) is 3.02. The number of alkyl halides is 1. The van der Waals surface area contributed by atoms with Crippen LogP contribution in [0.15, 0.2) is 18.2 Å². The molecule has 1 rings (SSSR count). The highest BCUT2D eigenvalue weighted by Crippen LogP contribution is 2.29. The zero-order valence-corrected chi connectivity index (χ0v) is 11.1. The van der Waals surface area contributed by atoms with E-state index in [9.17, 15) is 9.90 Å². The van der Waals surface area contributed by atoms with Crippen LogP contribution in [0.25, 0.3) is 0 Å². The molecular formula is C12H15BrO4. The number of methoxy groups -OCH3 is 1. The normalized spacial score (nSPS) is 12.2. The molecule has 1 aromatic carbocycles. The van der Waals surface area contributed by atoms with Crippen LogP contribution in [-0.2, 0) is 11.2 Å². The van der Waals surface area contributed by atoms with E-state index >= 15 is 0 Å². The maximum absolute atomic E-state index is 10.9. The van der Waals surface area contributed by atoms with E-state index in [1.165, 1.54) is 7.11 Å². The second-order valence-corrected chi connectivity index (χ2v) is 4.36. The number of halogens is 1. The van der Waals surface area contributed by atoms with Crippen LogP contribution in [0, 0.1) is 0 Å². The van der Waals surface area contributed by atoms with Crippen LogP contribution in [-0.4, -0.2) is 28.6 Å². The van der Waals surface area contributed by atoms with E-state index in [2.05, 4.69) is 15.9 Å². The van der Waals surface area contributed by atoms with Gasteiger partial charge in [-0.15, -0.1) is 0 Å². The van der Waals surface area contributed by atoms with Gasteiger partial charge in [0.15, 0.2) is 6.10 Å². The number of ether oxygens (including phenoxy) is 1. The van der Waals surface area contributed by atoms with Gasteiger partial charge in [0, 0.05) is 10.9 Å². The molecule has 5 heteroatoms. The average Bonchev–Trinajstić information content (AvgIpc) is 2.34. The number of carbonyl (C=O) groups is 1. The Hall–Kier alpha value is -1.07. The highest BCUT2D eigenvalue weighted by molar-refractivity contribution is 9.09. The molecule has 1 atom stereocenters. The number of rotatable bonds is 6. The first-order valence-corrected chi connectivity index (χ1v) is 6.36. The van der Waals surface area contributed by atoms with Crippen molar-refractivity contribution in [3.8, 4) is 5.75 Å². The smallest absolute Gasteiger partial charge is 0.337 e. The lowest BCUT2D eigenvalue weighted by Gasteiger charge is -2.16. The molecule has 2 N–H and O–H groups in total. The molecule has 0 aliphatic rings.